The Morgan fingerprint density at radius 3 is 2.52 bits per heavy atom. The SMILES string of the molecule is CCC(=O)Nc1ccc(NC(=O)CCc2cccc(OC)c2)c(C)c1. The van der Waals surface area contributed by atoms with Crippen molar-refractivity contribution >= 4 is 23.2 Å². The smallest absolute Gasteiger partial charge is 0.224 e. The second-order valence-electron chi connectivity index (χ2n) is 5.83. The van der Waals surface area contributed by atoms with Crippen LogP contribution < -0.4 is 15.4 Å². The third kappa shape index (κ3) is 5.64. The van der Waals surface area contributed by atoms with Crippen LogP contribution in [0.2, 0.25) is 0 Å². The van der Waals surface area contributed by atoms with Gasteiger partial charge in [-0.2, -0.15) is 0 Å². The summed E-state index contributed by atoms with van der Waals surface area (Å²) >= 11 is 0. The van der Waals surface area contributed by atoms with Gasteiger partial charge in [0.15, 0.2) is 0 Å². The molecular weight excluding hydrogens is 316 g/mol. The molecule has 0 aromatic heterocycles. The van der Waals surface area contributed by atoms with Crippen LogP contribution in [0.25, 0.3) is 0 Å². The molecule has 0 unspecified atom stereocenters. The molecule has 5 heteroatoms. The number of rotatable bonds is 7. The molecule has 0 bridgehead atoms. The lowest BCUT2D eigenvalue weighted by Gasteiger charge is -2.11. The zero-order valence-electron chi connectivity index (χ0n) is 14.9. The molecule has 5 nitrogen and oxygen atoms in total. The number of methoxy groups -OCH3 is 1. The Labute approximate surface area is 148 Å². The van der Waals surface area contributed by atoms with Gasteiger partial charge in [-0.15, -0.1) is 0 Å². The number of nitrogens with one attached hydrogen (secondary N) is 2. The second-order valence-corrected chi connectivity index (χ2v) is 5.83. The van der Waals surface area contributed by atoms with Crippen molar-refractivity contribution in [2.24, 2.45) is 0 Å². The van der Waals surface area contributed by atoms with Crippen LogP contribution in [0, 0.1) is 6.92 Å². The number of benzene rings is 2. The maximum atomic E-state index is 12.2. The van der Waals surface area contributed by atoms with Gasteiger partial charge in [0, 0.05) is 24.2 Å². The topological polar surface area (TPSA) is 67.4 Å². The highest BCUT2D eigenvalue weighted by molar-refractivity contribution is 5.93. The minimum atomic E-state index is -0.0451. The first-order valence-electron chi connectivity index (χ1n) is 8.35. The lowest BCUT2D eigenvalue weighted by Crippen LogP contribution is -2.14. The first-order chi connectivity index (χ1) is 12.0. The van der Waals surface area contributed by atoms with Crippen molar-refractivity contribution in [3.8, 4) is 5.75 Å². The molecule has 2 amide bonds. The zero-order chi connectivity index (χ0) is 18.2. The lowest BCUT2D eigenvalue weighted by atomic mass is 10.1. The van der Waals surface area contributed by atoms with Crippen LogP contribution in [0.5, 0.6) is 5.75 Å². The second kappa shape index (κ2) is 8.87. The Kier molecular flexibility index (Phi) is 6.57. The Bertz CT molecular complexity index is 756. The van der Waals surface area contributed by atoms with Crippen molar-refractivity contribution in [2.75, 3.05) is 17.7 Å². The van der Waals surface area contributed by atoms with Gasteiger partial charge in [-0.1, -0.05) is 19.1 Å². The van der Waals surface area contributed by atoms with Gasteiger partial charge in [0.05, 0.1) is 7.11 Å². The highest BCUT2D eigenvalue weighted by Gasteiger charge is 2.07. The van der Waals surface area contributed by atoms with Gasteiger partial charge in [0.2, 0.25) is 11.8 Å². The van der Waals surface area contributed by atoms with Crippen LogP contribution >= 0.6 is 0 Å². The highest BCUT2D eigenvalue weighted by atomic mass is 16.5. The van der Waals surface area contributed by atoms with E-state index in [1.807, 2.05) is 43.3 Å². The molecule has 132 valence electrons. The van der Waals surface area contributed by atoms with Crippen molar-refractivity contribution < 1.29 is 14.3 Å². The van der Waals surface area contributed by atoms with Gasteiger partial charge in [-0.25, -0.2) is 0 Å². The predicted molar refractivity (Wildman–Crippen MR) is 100 cm³/mol. The van der Waals surface area contributed by atoms with E-state index in [0.717, 1.165) is 28.3 Å². The fourth-order valence-corrected chi connectivity index (χ4v) is 2.43. The summed E-state index contributed by atoms with van der Waals surface area (Å²) in [5, 5.41) is 5.73. The zero-order valence-corrected chi connectivity index (χ0v) is 14.9. The number of amides is 2. The Morgan fingerprint density at radius 1 is 1.04 bits per heavy atom. The summed E-state index contributed by atoms with van der Waals surface area (Å²) in [6, 6.07) is 13.2. The Balaban J connectivity index is 1.92. The number of anilines is 2. The molecule has 2 aromatic carbocycles. The number of aryl methyl sites for hydroxylation is 2. The fourth-order valence-electron chi connectivity index (χ4n) is 2.43. The van der Waals surface area contributed by atoms with E-state index in [9.17, 15) is 9.59 Å². The quantitative estimate of drug-likeness (QED) is 0.803. The van der Waals surface area contributed by atoms with Gasteiger partial charge in [-0.3, -0.25) is 9.59 Å². The Hall–Kier alpha value is -2.82. The van der Waals surface area contributed by atoms with Gasteiger partial charge < -0.3 is 15.4 Å². The van der Waals surface area contributed by atoms with Crippen LogP contribution in [-0.2, 0) is 16.0 Å². The maximum absolute atomic E-state index is 12.2. The molecular formula is C20H24N2O3. The van der Waals surface area contributed by atoms with Crippen LogP contribution in [0.15, 0.2) is 42.5 Å². The molecule has 2 aromatic rings. The van der Waals surface area contributed by atoms with Crippen molar-refractivity contribution in [3.63, 3.8) is 0 Å². The maximum Gasteiger partial charge on any atom is 0.224 e. The standard InChI is InChI=1S/C20H24N2O3/c1-4-19(23)21-16-9-10-18(14(2)12-16)22-20(24)11-8-15-6-5-7-17(13-15)25-3/h5-7,9-10,12-13H,4,8,11H2,1-3H3,(H,21,23)(H,22,24). The van der Waals surface area contributed by atoms with E-state index in [2.05, 4.69) is 10.6 Å². The van der Waals surface area contributed by atoms with Gasteiger partial charge in [0.1, 0.15) is 5.75 Å². The van der Waals surface area contributed by atoms with Crippen LogP contribution in [0.1, 0.15) is 30.9 Å². The molecule has 0 radical (unpaired) electrons. The van der Waals surface area contributed by atoms with E-state index < -0.39 is 0 Å². The molecule has 0 aliphatic carbocycles. The summed E-state index contributed by atoms with van der Waals surface area (Å²) in [4.78, 5) is 23.6. The average Bonchev–Trinajstić information content (AvgIpc) is 2.62. The third-order valence-electron chi connectivity index (χ3n) is 3.88. The van der Waals surface area contributed by atoms with E-state index in [0.29, 0.717) is 19.3 Å². The molecule has 0 heterocycles. The summed E-state index contributed by atoms with van der Waals surface area (Å²) < 4.78 is 5.19. The molecule has 0 saturated heterocycles. The fraction of sp³-hybridized carbons (Fsp3) is 0.300. The van der Waals surface area contributed by atoms with E-state index >= 15 is 0 Å². The molecule has 0 fully saturated rings. The van der Waals surface area contributed by atoms with Crippen LogP contribution in [0.3, 0.4) is 0 Å². The minimum absolute atomic E-state index is 0.0329. The van der Waals surface area contributed by atoms with Crippen molar-refractivity contribution in [1.82, 2.24) is 0 Å². The van der Waals surface area contributed by atoms with Crippen LogP contribution in [0.4, 0.5) is 11.4 Å². The minimum Gasteiger partial charge on any atom is -0.497 e. The number of hydrogen-bond donors (Lipinski definition) is 2. The van der Waals surface area contributed by atoms with Crippen molar-refractivity contribution in [2.45, 2.75) is 33.1 Å². The lowest BCUT2D eigenvalue weighted by molar-refractivity contribution is -0.116. The normalized spacial score (nSPS) is 10.2. The van der Waals surface area contributed by atoms with Gasteiger partial charge in [-0.05, 0) is 54.8 Å². The number of hydrogen-bond acceptors (Lipinski definition) is 3. The van der Waals surface area contributed by atoms with Crippen molar-refractivity contribution in [1.29, 1.82) is 0 Å². The van der Waals surface area contributed by atoms with Crippen LogP contribution in [-0.4, -0.2) is 18.9 Å². The molecule has 2 N–H and O–H groups in total. The molecule has 0 aliphatic heterocycles. The number of ether oxygens (including phenoxy) is 1. The van der Waals surface area contributed by atoms with E-state index in [-0.39, 0.29) is 11.8 Å². The molecule has 0 saturated carbocycles. The summed E-state index contributed by atoms with van der Waals surface area (Å²) in [6.45, 7) is 3.71. The summed E-state index contributed by atoms with van der Waals surface area (Å²) in [7, 11) is 1.63. The largest absolute Gasteiger partial charge is 0.497 e. The first kappa shape index (κ1) is 18.5. The predicted octanol–water partition coefficient (Wildman–Crippen LogP) is 3.92. The number of carbonyl (C=O) groups is 2. The monoisotopic (exact) mass is 340 g/mol. The van der Waals surface area contributed by atoms with E-state index in [1.54, 1.807) is 20.1 Å². The molecule has 0 spiro atoms. The molecule has 25 heavy (non-hydrogen) atoms. The summed E-state index contributed by atoms with van der Waals surface area (Å²) in [5.41, 5.74) is 3.45. The highest BCUT2D eigenvalue weighted by Crippen LogP contribution is 2.20. The molecule has 2 rings (SSSR count). The van der Waals surface area contributed by atoms with Crippen molar-refractivity contribution in [3.05, 3.63) is 53.6 Å². The summed E-state index contributed by atoms with van der Waals surface area (Å²) in [5.74, 6) is 0.712. The first-order valence-corrected chi connectivity index (χ1v) is 8.35. The molecule has 0 aliphatic rings. The summed E-state index contributed by atoms with van der Waals surface area (Å²) in [6.07, 6.45) is 1.47. The average molecular weight is 340 g/mol. The third-order valence-corrected chi connectivity index (χ3v) is 3.88. The van der Waals surface area contributed by atoms with E-state index in [4.69, 9.17) is 4.74 Å². The Morgan fingerprint density at radius 2 is 1.84 bits per heavy atom. The van der Waals surface area contributed by atoms with Gasteiger partial charge >= 0.3 is 0 Å². The number of carbonyl (C=O) groups excluding carboxylic acids is 2. The van der Waals surface area contributed by atoms with Gasteiger partial charge in [0.25, 0.3) is 0 Å². The van der Waals surface area contributed by atoms with E-state index in [1.165, 1.54) is 0 Å². The molecule has 0 atom stereocenters.